The Bertz CT molecular complexity index is 865. The van der Waals surface area contributed by atoms with E-state index in [9.17, 15) is 10.0 Å². The molecule has 0 radical (unpaired) electrons. The van der Waals surface area contributed by atoms with Gasteiger partial charge in [-0.15, -0.1) is 0 Å². The summed E-state index contributed by atoms with van der Waals surface area (Å²) >= 11 is 0. The third-order valence-corrected chi connectivity index (χ3v) is 5.28. The Labute approximate surface area is 183 Å². The number of rotatable bonds is 3. The summed E-state index contributed by atoms with van der Waals surface area (Å²) in [5.74, 6) is 0.687. The van der Waals surface area contributed by atoms with Gasteiger partial charge in [-0.05, 0) is 33.8 Å². The molecule has 1 unspecified atom stereocenters. The molecule has 0 aromatic carbocycles. The summed E-state index contributed by atoms with van der Waals surface area (Å²) in [6.45, 7) is 11.1. The number of anilines is 2. The maximum Gasteiger partial charge on any atom is 0.410 e. The highest BCUT2D eigenvalue weighted by Crippen LogP contribution is 2.26. The molecule has 10 nitrogen and oxygen atoms in total. The third kappa shape index (κ3) is 5.50. The van der Waals surface area contributed by atoms with Gasteiger partial charge in [-0.1, -0.05) is 5.16 Å². The molecule has 3 rings (SSSR count). The van der Waals surface area contributed by atoms with Crippen molar-refractivity contribution < 1.29 is 14.7 Å². The number of nitrogens with zero attached hydrogens (tertiary/aromatic N) is 6. The number of hydrogen-bond donors (Lipinski definition) is 2. The molecule has 0 spiro atoms. The average Bonchev–Trinajstić information content (AvgIpc) is 2.72. The van der Waals surface area contributed by atoms with Crippen molar-refractivity contribution in [2.45, 2.75) is 39.3 Å². The highest BCUT2D eigenvalue weighted by molar-refractivity contribution is 5.96. The second-order valence-corrected chi connectivity index (χ2v) is 8.99. The quantitative estimate of drug-likeness (QED) is 0.323. The van der Waals surface area contributed by atoms with Crippen LogP contribution in [0, 0.1) is 0 Å². The molecular weight excluding hydrogens is 398 g/mol. The average molecular weight is 432 g/mol. The fourth-order valence-electron chi connectivity index (χ4n) is 3.60. The summed E-state index contributed by atoms with van der Waals surface area (Å²) in [6, 6.07) is 3.78. The van der Waals surface area contributed by atoms with Crippen molar-refractivity contribution in [3.63, 3.8) is 0 Å². The van der Waals surface area contributed by atoms with Gasteiger partial charge in [0.05, 0.1) is 0 Å². The van der Waals surface area contributed by atoms with Crippen LogP contribution < -0.4 is 15.5 Å². The minimum atomic E-state index is -0.528. The van der Waals surface area contributed by atoms with Crippen LogP contribution in [-0.4, -0.2) is 83.3 Å². The first-order valence-electron chi connectivity index (χ1n) is 10.5. The van der Waals surface area contributed by atoms with E-state index in [1.807, 2.05) is 64.2 Å². The number of carbonyl (C=O) groups excluding carboxylic acids is 1. The second-order valence-electron chi connectivity index (χ2n) is 8.99. The number of aromatic nitrogens is 1. The summed E-state index contributed by atoms with van der Waals surface area (Å²) in [4.78, 5) is 25.2. The summed E-state index contributed by atoms with van der Waals surface area (Å²) < 4.78 is 5.54. The lowest BCUT2D eigenvalue weighted by Crippen LogP contribution is -2.55. The van der Waals surface area contributed by atoms with E-state index in [4.69, 9.17) is 10.5 Å². The lowest BCUT2D eigenvalue weighted by atomic mass is 10.1. The molecule has 31 heavy (non-hydrogen) atoms. The molecule has 10 heteroatoms. The first-order chi connectivity index (χ1) is 14.6. The summed E-state index contributed by atoms with van der Waals surface area (Å²) in [6.07, 6.45) is 3.66. The van der Waals surface area contributed by atoms with Gasteiger partial charge in [-0.3, -0.25) is 0 Å². The molecule has 1 aromatic heterocycles. The predicted octanol–water partition coefficient (Wildman–Crippen LogP) is 1.84. The minimum Gasteiger partial charge on any atom is -0.444 e. The van der Waals surface area contributed by atoms with Crippen molar-refractivity contribution in [3.05, 3.63) is 30.2 Å². The number of amides is 1. The molecule has 3 N–H and O–H groups in total. The molecule has 1 atom stereocenters. The Kier molecular flexibility index (Phi) is 6.47. The normalized spacial score (nSPS) is 20.3. The highest BCUT2D eigenvalue weighted by atomic mass is 16.6. The topological polar surface area (TPSA) is 111 Å². The van der Waals surface area contributed by atoms with Crippen molar-refractivity contribution in [1.29, 1.82) is 0 Å². The fraction of sp³-hybridized carbons (Fsp3) is 0.571. The predicted molar refractivity (Wildman–Crippen MR) is 120 cm³/mol. The van der Waals surface area contributed by atoms with Gasteiger partial charge < -0.3 is 35.3 Å². The first kappa shape index (κ1) is 22.5. The first-order valence-corrected chi connectivity index (χ1v) is 10.5. The molecule has 1 fully saturated rings. The number of hydrogen-bond acceptors (Lipinski definition) is 8. The highest BCUT2D eigenvalue weighted by Gasteiger charge is 2.31. The van der Waals surface area contributed by atoms with E-state index >= 15 is 0 Å². The van der Waals surface area contributed by atoms with E-state index < -0.39 is 5.60 Å². The van der Waals surface area contributed by atoms with Crippen LogP contribution in [0.4, 0.5) is 16.3 Å². The molecule has 0 bridgehead atoms. The molecule has 0 saturated carbocycles. The van der Waals surface area contributed by atoms with Crippen molar-refractivity contribution >= 4 is 23.4 Å². The largest absolute Gasteiger partial charge is 0.444 e. The molecule has 0 aliphatic carbocycles. The van der Waals surface area contributed by atoms with E-state index in [1.54, 1.807) is 4.90 Å². The van der Waals surface area contributed by atoms with E-state index in [-0.39, 0.29) is 18.0 Å². The van der Waals surface area contributed by atoms with Gasteiger partial charge in [-0.2, -0.15) is 0 Å². The number of ether oxygens (including phenoxy) is 1. The number of likely N-dealkylation sites (N-methyl/N-ethyl adjacent to an activating group) is 1. The third-order valence-electron chi connectivity index (χ3n) is 5.28. The number of nitrogens with two attached hydrogens (primary N) is 1. The summed E-state index contributed by atoms with van der Waals surface area (Å²) in [7, 11) is 2.02. The Hall–Kier alpha value is -3.17. The number of carbonyl (C=O) groups is 1. The summed E-state index contributed by atoms with van der Waals surface area (Å²) in [5, 5.41) is 12.3. The van der Waals surface area contributed by atoms with Crippen LogP contribution in [-0.2, 0) is 4.74 Å². The molecule has 2 aliphatic rings. The lowest BCUT2D eigenvalue weighted by molar-refractivity contribution is 0.0159. The zero-order valence-electron chi connectivity index (χ0n) is 18.9. The molecule has 1 amide bonds. The summed E-state index contributed by atoms with van der Waals surface area (Å²) in [5.41, 5.74) is 6.66. The number of amidine groups is 1. The molecule has 170 valence electrons. The van der Waals surface area contributed by atoms with Crippen LogP contribution in [0.1, 0.15) is 33.4 Å². The van der Waals surface area contributed by atoms with Gasteiger partial charge in [0.2, 0.25) is 0 Å². The molecule has 1 aromatic rings. The van der Waals surface area contributed by atoms with E-state index in [1.165, 1.54) is 0 Å². The van der Waals surface area contributed by atoms with Gasteiger partial charge in [-0.25, -0.2) is 9.78 Å². The van der Waals surface area contributed by atoms with E-state index in [0.717, 1.165) is 24.6 Å². The second kappa shape index (κ2) is 8.91. The van der Waals surface area contributed by atoms with Crippen LogP contribution >= 0.6 is 0 Å². The SMILES string of the molecule is CC1CN(c2cc(/C(N)=N/O)nc(N3C=CN(C)CC3)c2)CCN1C(=O)OC(C)(C)C. The van der Waals surface area contributed by atoms with Crippen LogP contribution in [0.2, 0.25) is 0 Å². The Morgan fingerprint density at radius 3 is 2.55 bits per heavy atom. The van der Waals surface area contributed by atoms with Crippen LogP contribution in [0.3, 0.4) is 0 Å². The number of piperazine rings is 1. The van der Waals surface area contributed by atoms with Crippen LogP contribution in [0.15, 0.2) is 29.7 Å². The molecule has 1 saturated heterocycles. The van der Waals surface area contributed by atoms with Crippen molar-refractivity contribution in [2.75, 3.05) is 49.6 Å². The zero-order valence-corrected chi connectivity index (χ0v) is 18.9. The molecule has 3 heterocycles. The molecule has 2 aliphatic heterocycles. The molecular formula is C21H33N7O3. The van der Waals surface area contributed by atoms with E-state index in [0.29, 0.717) is 25.3 Å². The Balaban J connectivity index is 1.83. The minimum absolute atomic E-state index is 0.0314. The zero-order chi connectivity index (χ0) is 22.8. The van der Waals surface area contributed by atoms with Crippen molar-refractivity contribution in [2.24, 2.45) is 10.9 Å². The van der Waals surface area contributed by atoms with Gasteiger partial charge >= 0.3 is 6.09 Å². The van der Waals surface area contributed by atoms with Crippen LogP contribution in [0.25, 0.3) is 0 Å². The maximum absolute atomic E-state index is 12.5. The smallest absolute Gasteiger partial charge is 0.410 e. The van der Waals surface area contributed by atoms with Gasteiger partial charge in [0, 0.05) is 70.0 Å². The van der Waals surface area contributed by atoms with Crippen molar-refractivity contribution in [3.8, 4) is 0 Å². The standard InChI is InChI=1S/C21H33N7O3/c1-15-14-27(10-11-28(15)20(29)31-21(2,3)4)16-12-17(19(22)24-30)23-18(13-16)26-8-6-25(5)7-9-26/h6,8,12-13,15,30H,7,9-11,14H2,1-5H3,(H2,22,24). The van der Waals surface area contributed by atoms with Crippen molar-refractivity contribution in [1.82, 2.24) is 14.8 Å². The fourth-order valence-corrected chi connectivity index (χ4v) is 3.60. The maximum atomic E-state index is 12.5. The van der Waals surface area contributed by atoms with Gasteiger partial charge in [0.15, 0.2) is 5.84 Å². The Morgan fingerprint density at radius 2 is 1.97 bits per heavy atom. The lowest BCUT2D eigenvalue weighted by Gasteiger charge is -2.41. The number of oxime groups is 1. The van der Waals surface area contributed by atoms with Gasteiger partial charge in [0.1, 0.15) is 17.1 Å². The Morgan fingerprint density at radius 1 is 1.23 bits per heavy atom. The number of pyridine rings is 1. The van der Waals surface area contributed by atoms with E-state index in [2.05, 4.69) is 19.9 Å². The van der Waals surface area contributed by atoms with Gasteiger partial charge in [0.25, 0.3) is 0 Å². The van der Waals surface area contributed by atoms with Crippen LogP contribution in [0.5, 0.6) is 0 Å². The monoisotopic (exact) mass is 431 g/mol.